The van der Waals surface area contributed by atoms with Crippen molar-refractivity contribution in [3.05, 3.63) is 71.0 Å². The molecule has 192 valence electrons. The van der Waals surface area contributed by atoms with Crippen molar-refractivity contribution in [2.75, 3.05) is 33.8 Å². The number of para-hydroxylation sites is 2. The smallest absolute Gasteiger partial charge is 0.261 e. The molecule has 10 heteroatoms. The molecule has 37 heavy (non-hydrogen) atoms. The molecule has 0 unspecified atom stereocenters. The predicted molar refractivity (Wildman–Crippen MR) is 136 cm³/mol. The molecule has 10 nitrogen and oxygen atoms in total. The van der Waals surface area contributed by atoms with Gasteiger partial charge >= 0.3 is 0 Å². The van der Waals surface area contributed by atoms with Crippen LogP contribution in [-0.2, 0) is 6.61 Å². The normalized spacial score (nSPS) is 11.4. The first-order chi connectivity index (χ1) is 17.9. The van der Waals surface area contributed by atoms with Gasteiger partial charge in [0.05, 0.1) is 52.0 Å². The van der Waals surface area contributed by atoms with Crippen LogP contribution in [0.1, 0.15) is 21.6 Å². The van der Waals surface area contributed by atoms with E-state index in [9.17, 15) is 9.90 Å². The topological polar surface area (TPSA) is 126 Å². The number of H-pyrrole nitrogens is 1. The van der Waals surface area contributed by atoms with Gasteiger partial charge in [-0.05, 0) is 18.2 Å². The summed E-state index contributed by atoms with van der Waals surface area (Å²) in [7, 11) is 6.04. The average Bonchev–Trinajstić information content (AvgIpc) is 2.92. The zero-order valence-corrected chi connectivity index (χ0v) is 21.2. The Labute approximate surface area is 213 Å². The molecule has 0 radical (unpaired) electrons. The fraction of sp³-hybridized carbons (Fsp3) is 0.222. The molecule has 2 aromatic heterocycles. The van der Waals surface area contributed by atoms with E-state index in [0.29, 0.717) is 56.6 Å². The molecule has 0 bridgehead atoms. The molecule has 2 aromatic carbocycles. The lowest BCUT2D eigenvalue weighted by molar-refractivity contribution is -0.386. The fourth-order valence-corrected chi connectivity index (χ4v) is 3.90. The van der Waals surface area contributed by atoms with Crippen molar-refractivity contribution in [3.63, 3.8) is 0 Å². The van der Waals surface area contributed by atoms with Gasteiger partial charge < -0.3 is 33.8 Å². The number of carbonyl (C=O) groups excluding carboxylic acids is 1. The number of methoxy groups -OCH3 is 4. The number of aliphatic hydroxyl groups is 1. The van der Waals surface area contributed by atoms with Crippen molar-refractivity contribution >= 4 is 28.3 Å². The Kier molecular flexibility index (Phi) is 7.59. The molecule has 3 N–H and O–H groups in total. The van der Waals surface area contributed by atoms with E-state index < -0.39 is 5.91 Å². The van der Waals surface area contributed by atoms with Gasteiger partial charge in [-0.3, -0.25) is 4.79 Å². The molecule has 2 heterocycles. The molecule has 4 rings (SSSR count). The van der Waals surface area contributed by atoms with Crippen molar-refractivity contribution in [2.24, 2.45) is 4.99 Å². The molecule has 0 saturated heterocycles. The number of anilines is 1. The van der Waals surface area contributed by atoms with E-state index in [0.717, 1.165) is 0 Å². The van der Waals surface area contributed by atoms with Crippen molar-refractivity contribution < 1.29 is 38.2 Å². The number of aryl methyl sites for hydroxylation is 1. The highest BCUT2D eigenvalue weighted by Gasteiger charge is 2.20. The van der Waals surface area contributed by atoms with Gasteiger partial charge in [-0.2, -0.15) is 0 Å². The highest BCUT2D eigenvalue weighted by Crippen LogP contribution is 2.40. The van der Waals surface area contributed by atoms with Gasteiger partial charge in [-0.25, -0.2) is 9.98 Å². The number of rotatable bonds is 8. The van der Waals surface area contributed by atoms with Gasteiger partial charge in [0.15, 0.2) is 17.7 Å². The van der Waals surface area contributed by atoms with E-state index in [2.05, 4.69) is 15.3 Å². The Hall–Kier alpha value is -4.57. The molecule has 0 fully saturated rings. The standard InChI is InChI=1S/C27H27N3O7/c1-15-24-18(16(14-31)13-28-15)12-19(26(32)30-20-8-6-7-9-21(20)33-2)27(37-24)29-17-10-22(34-3)25(36-5)23(11-17)35-4/h6-13,31H,14H2,1-5H3,(H,30,32)/p+1. The first-order valence-corrected chi connectivity index (χ1v) is 11.3. The number of amides is 1. The number of benzene rings is 2. The number of carbonyl (C=O) groups is 1. The number of pyridine rings is 1. The quantitative estimate of drug-likeness (QED) is 0.374. The van der Waals surface area contributed by atoms with Crippen molar-refractivity contribution in [2.45, 2.75) is 13.5 Å². The van der Waals surface area contributed by atoms with Crippen LogP contribution in [0.25, 0.3) is 11.0 Å². The lowest BCUT2D eigenvalue weighted by Crippen LogP contribution is -2.23. The maximum absolute atomic E-state index is 13.5. The summed E-state index contributed by atoms with van der Waals surface area (Å²) in [5.74, 6) is 1.22. The number of ether oxygens (including phenoxy) is 4. The Morgan fingerprint density at radius 2 is 1.68 bits per heavy atom. The highest BCUT2D eigenvalue weighted by atomic mass is 16.5. The van der Waals surface area contributed by atoms with Gasteiger partial charge in [0.2, 0.25) is 22.6 Å². The minimum atomic E-state index is -0.476. The van der Waals surface area contributed by atoms with Crippen LogP contribution in [0.5, 0.6) is 23.0 Å². The number of nitrogens with zero attached hydrogens (tertiary/aromatic N) is 1. The Bertz CT molecular complexity index is 1500. The predicted octanol–water partition coefficient (Wildman–Crippen LogP) is 3.57. The lowest BCUT2D eigenvalue weighted by atomic mass is 10.1. The third-order valence-corrected chi connectivity index (χ3v) is 5.76. The number of hydrogen-bond acceptors (Lipinski definition) is 8. The minimum absolute atomic E-state index is 0.0424. The monoisotopic (exact) mass is 506 g/mol. The molecule has 0 aliphatic heterocycles. The molecule has 1 amide bonds. The first-order valence-electron chi connectivity index (χ1n) is 11.3. The molecule has 4 aromatic rings. The second-order valence-electron chi connectivity index (χ2n) is 7.95. The highest BCUT2D eigenvalue weighted by molar-refractivity contribution is 6.06. The summed E-state index contributed by atoms with van der Waals surface area (Å²) < 4.78 is 27.8. The van der Waals surface area contributed by atoms with Crippen LogP contribution in [0.2, 0.25) is 0 Å². The van der Waals surface area contributed by atoms with Crippen LogP contribution in [0.4, 0.5) is 11.4 Å². The number of aromatic amines is 1. The van der Waals surface area contributed by atoms with Crippen LogP contribution in [0.3, 0.4) is 0 Å². The van der Waals surface area contributed by atoms with Gasteiger partial charge in [0, 0.05) is 24.4 Å². The van der Waals surface area contributed by atoms with Crippen LogP contribution in [0.15, 0.2) is 58.1 Å². The molecule has 0 spiro atoms. The zero-order valence-electron chi connectivity index (χ0n) is 21.2. The number of aromatic nitrogens is 1. The summed E-state index contributed by atoms with van der Waals surface area (Å²) >= 11 is 0. The van der Waals surface area contributed by atoms with Crippen molar-refractivity contribution in [1.29, 1.82) is 0 Å². The minimum Gasteiger partial charge on any atom is -0.495 e. The second-order valence-corrected chi connectivity index (χ2v) is 7.95. The van der Waals surface area contributed by atoms with E-state index >= 15 is 0 Å². The Morgan fingerprint density at radius 1 is 1.00 bits per heavy atom. The van der Waals surface area contributed by atoms with Gasteiger partial charge in [-0.1, -0.05) is 12.1 Å². The van der Waals surface area contributed by atoms with Crippen molar-refractivity contribution in [3.8, 4) is 23.0 Å². The maximum Gasteiger partial charge on any atom is 0.261 e. The van der Waals surface area contributed by atoms with Gasteiger partial charge in [-0.15, -0.1) is 0 Å². The van der Waals surface area contributed by atoms with Crippen LogP contribution < -0.4 is 34.8 Å². The summed E-state index contributed by atoms with van der Waals surface area (Å²) in [6.45, 7) is 1.57. The van der Waals surface area contributed by atoms with E-state index in [1.807, 2.05) is 6.92 Å². The molecular formula is C27H28N3O7+. The second kappa shape index (κ2) is 11.0. The SMILES string of the molecule is COc1ccccc1NC(=O)c1cc2c(CO)c[nH+]c(C)c2oc1=Nc1cc(OC)c(OC)c(OC)c1. The number of hydrogen-bond donors (Lipinski definition) is 2. The largest absolute Gasteiger partial charge is 0.495 e. The summed E-state index contributed by atoms with van der Waals surface area (Å²) in [5, 5.41) is 13.3. The lowest BCUT2D eigenvalue weighted by Gasteiger charge is -2.13. The third kappa shape index (κ3) is 5.05. The summed E-state index contributed by atoms with van der Waals surface area (Å²) in [4.78, 5) is 21.2. The molecule has 0 aliphatic carbocycles. The summed E-state index contributed by atoms with van der Waals surface area (Å²) in [6, 6.07) is 12.0. The maximum atomic E-state index is 13.5. The van der Waals surface area contributed by atoms with Crippen LogP contribution >= 0.6 is 0 Å². The molecule has 0 saturated carbocycles. The number of aliphatic hydroxyl groups excluding tert-OH is 1. The van der Waals surface area contributed by atoms with E-state index in [1.165, 1.54) is 28.4 Å². The van der Waals surface area contributed by atoms with E-state index in [1.54, 1.807) is 48.7 Å². The molecule has 0 atom stereocenters. The first kappa shape index (κ1) is 25.5. The molecule has 0 aliphatic rings. The average molecular weight is 507 g/mol. The van der Waals surface area contributed by atoms with Gasteiger partial charge in [0.1, 0.15) is 11.3 Å². The van der Waals surface area contributed by atoms with Crippen molar-refractivity contribution in [1.82, 2.24) is 0 Å². The third-order valence-electron chi connectivity index (χ3n) is 5.76. The summed E-state index contributed by atoms with van der Waals surface area (Å²) in [6.07, 6.45) is 1.67. The summed E-state index contributed by atoms with van der Waals surface area (Å²) in [5.41, 5.74) is 2.79. The van der Waals surface area contributed by atoms with Crippen LogP contribution in [0, 0.1) is 6.92 Å². The zero-order chi connectivity index (χ0) is 26.5. The van der Waals surface area contributed by atoms with E-state index in [-0.39, 0.29) is 17.7 Å². The molecular weight excluding hydrogens is 478 g/mol. The Balaban J connectivity index is 1.97. The van der Waals surface area contributed by atoms with E-state index in [4.69, 9.17) is 23.4 Å². The number of nitrogens with one attached hydrogen (secondary N) is 2. The number of fused-ring (bicyclic) bond motifs is 1. The van der Waals surface area contributed by atoms with Crippen LogP contribution in [-0.4, -0.2) is 39.5 Å². The Morgan fingerprint density at radius 3 is 2.30 bits per heavy atom. The fourth-order valence-electron chi connectivity index (χ4n) is 3.90. The van der Waals surface area contributed by atoms with Gasteiger partial charge in [0.25, 0.3) is 5.91 Å².